The highest BCUT2D eigenvalue weighted by Gasteiger charge is 2.40. The minimum atomic E-state index is -4.54. The number of hydrogen-bond acceptors (Lipinski definition) is 8. The van der Waals surface area contributed by atoms with Crippen molar-refractivity contribution in [1.29, 1.82) is 0 Å². The van der Waals surface area contributed by atoms with Gasteiger partial charge in [-0.3, -0.25) is 4.79 Å². The van der Waals surface area contributed by atoms with Crippen LogP contribution in [0.5, 0.6) is 0 Å². The lowest BCUT2D eigenvalue weighted by Gasteiger charge is -2.30. The van der Waals surface area contributed by atoms with Crippen molar-refractivity contribution >= 4 is 39.2 Å². The number of alkyl halides is 3. The number of carbonyl (C=O) groups is 1. The zero-order chi connectivity index (χ0) is 25.7. The number of halogens is 3. The fourth-order valence-electron chi connectivity index (χ4n) is 5.58. The lowest BCUT2D eigenvalue weighted by Crippen LogP contribution is -2.37. The van der Waals surface area contributed by atoms with Crippen LogP contribution in [-0.4, -0.2) is 68.3 Å². The molecular weight excluding hydrogens is 505 g/mol. The maximum absolute atomic E-state index is 13.3. The Balaban J connectivity index is 1.31. The second kappa shape index (κ2) is 9.41. The van der Waals surface area contributed by atoms with Crippen LogP contribution in [0, 0.1) is 5.92 Å². The molecule has 3 aromatic heterocycles. The zero-order valence-corrected chi connectivity index (χ0v) is 21.5. The summed E-state index contributed by atoms with van der Waals surface area (Å²) in [7, 11) is 0. The van der Waals surface area contributed by atoms with Crippen LogP contribution in [-0.2, 0) is 30.5 Å². The number of anilines is 2. The third-order valence-electron chi connectivity index (χ3n) is 7.45. The molecule has 3 aromatic rings. The molecule has 0 N–H and O–H groups in total. The largest absolute Gasteiger partial charge is 0.451 e. The molecule has 0 saturated carbocycles. The van der Waals surface area contributed by atoms with Crippen molar-refractivity contribution in [1.82, 2.24) is 29.6 Å². The van der Waals surface area contributed by atoms with Gasteiger partial charge >= 0.3 is 6.18 Å². The normalized spacial score (nSPS) is 20.3. The monoisotopic (exact) mass is 534 g/mol. The van der Waals surface area contributed by atoms with E-state index in [1.165, 1.54) is 4.88 Å². The van der Waals surface area contributed by atoms with E-state index in [0.717, 1.165) is 60.0 Å². The number of thiophene rings is 1. The quantitative estimate of drug-likeness (QED) is 0.493. The average molecular weight is 535 g/mol. The standard InChI is InChI=1S/C24H29F3N8OS/c1-2-5-16-12-17-19(33-10-11-35-18(14-33)30-31-22(35)24(25,26)27)28-23(29-20(17)37-16)34-9-6-15(13-34)21(36)32-7-3-4-8-32/h12,15H,2-11,13-14H2,1H3/t15-/m0/s1. The molecule has 3 aliphatic heterocycles. The first-order valence-corrected chi connectivity index (χ1v) is 13.7. The third kappa shape index (κ3) is 4.51. The van der Waals surface area contributed by atoms with E-state index in [4.69, 9.17) is 9.97 Å². The summed E-state index contributed by atoms with van der Waals surface area (Å²) in [6.07, 6.45) is 0.293. The molecule has 1 atom stereocenters. The Hall–Kier alpha value is -2.96. The Morgan fingerprint density at radius 1 is 1.08 bits per heavy atom. The van der Waals surface area contributed by atoms with E-state index >= 15 is 0 Å². The van der Waals surface area contributed by atoms with Gasteiger partial charge in [0.1, 0.15) is 10.6 Å². The number of rotatable bonds is 5. The summed E-state index contributed by atoms with van der Waals surface area (Å²) in [5.41, 5.74) is 0. The molecule has 2 fully saturated rings. The molecule has 0 aromatic carbocycles. The Kier molecular flexibility index (Phi) is 6.20. The van der Waals surface area contributed by atoms with Crippen LogP contribution in [0.25, 0.3) is 10.2 Å². The van der Waals surface area contributed by atoms with Crippen LogP contribution in [0.15, 0.2) is 6.07 Å². The Morgan fingerprint density at radius 2 is 1.89 bits per heavy atom. The van der Waals surface area contributed by atoms with Gasteiger partial charge in [0.15, 0.2) is 5.82 Å². The summed E-state index contributed by atoms with van der Waals surface area (Å²) in [6, 6.07) is 2.10. The molecule has 0 spiro atoms. The van der Waals surface area contributed by atoms with Crippen molar-refractivity contribution in [3.8, 4) is 0 Å². The second-order valence-corrected chi connectivity index (χ2v) is 11.1. The summed E-state index contributed by atoms with van der Waals surface area (Å²) in [4.78, 5) is 30.9. The Morgan fingerprint density at radius 3 is 2.65 bits per heavy atom. The fraction of sp³-hybridized carbons (Fsp3) is 0.625. The van der Waals surface area contributed by atoms with Gasteiger partial charge < -0.3 is 19.3 Å². The molecule has 0 aliphatic carbocycles. The van der Waals surface area contributed by atoms with Crippen LogP contribution >= 0.6 is 11.3 Å². The topological polar surface area (TPSA) is 83.3 Å². The first-order chi connectivity index (χ1) is 17.8. The third-order valence-corrected chi connectivity index (χ3v) is 8.54. The molecule has 37 heavy (non-hydrogen) atoms. The summed E-state index contributed by atoms with van der Waals surface area (Å²) in [6.45, 7) is 5.75. The maximum Gasteiger partial charge on any atom is 0.451 e. The molecule has 0 radical (unpaired) electrons. The zero-order valence-electron chi connectivity index (χ0n) is 20.7. The Labute approximate surface area is 216 Å². The molecule has 2 saturated heterocycles. The lowest BCUT2D eigenvalue weighted by molar-refractivity contribution is -0.147. The molecule has 13 heteroatoms. The smallest absolute Gasteiger partial charge is 0.347 e. The van der Waals surface area contributed by atoms with Gasteiger partial charge in [0.25, 0.3) is 0 Å². The van der Waals surface area contributed by atoms with E-state index in [1.54, 1.807) is 11.3 Å². The van der Waals surface area contributed by atoms with Gasteiger partial charge in [0.05, 0.1) is 17.8 Å². The number of nitrogens with zero attached hydrogens (tertiary/aromatic N) is 8. The summed E-state index contributed by atoms with van der Waals surface area (Å²) < 4.78 is 41.2. The molecule has 198 valence electrons. The number of likely N-dealkylation sites (tertiary alicyclic amines) is 1. The number of amides is 1. The van der Waals surface area contributed by atoms with Crippen LogP contribution in [0.1, 0.15) is 49.1 Å². The minimum absolute atomic E-state index is 0.0610. The minimum Gasteiger partial charge on any atom is -0.347 e. The van der Waals surface area contributed by atoms with E-state index in [9.17, 15) is 18.0 Å². The highest BCUT2D eigenvalue weighted by atomic mass is 32.1. The van der Waals surface area contributed by atoms with Crippen molar-refractivity contribution < 1.29 is 18.0 Å². The van der Waals surface area contributed by atoms with E-state index in [2.05, 4.69) is 28.1 Å². The van der Waals surface area contributed by atoms with Gasteiger partial charge in [0, 0.05) is 44.1 Å². The lowest BCUT2D eigenvalue weighted by atomic mass is 10.1. The summed E-state index contributed by atoms with van der Waals surface area (Å²) >= 11 is 1.63. The molecule has 1 amide bonds. The van der Waals surface area contributed by atoms with Crippen molar-refractivity contribution in [3.05, 3.63) is 22.6 Å². The van der Waals surface area contributed by atoms with E-state index in [1.807, 2.05) is 9.80 Å². The van der Waals surface area contributed by atoms with Crippen LogP contribution < -0.4 is 9.80 Å². The molecule has 3 aliphatic rings. The Bertz CT molecular complexity index is 1320. The highest BCUT2D eigenvalue weighted by molar-refractivity contribution is 7.18. The van der Waals surface area contributed by atoms with Gasteiger partial charge in [-0.1, -0.05) is 13.3 Å². The van der Waals surface area contributed by atoms with Gasteiger partial charge in [-0.15, -0.1) is 21.5 Å². The average Bonchev–Trinajstić information content (AvgIpc) is 3.67. The van der Waals surface area contributed by atoms with Gasteiger partial charge in [-0.05, 0) is 31.7 Å². The number of aromatic nitrogens is 5. The fourth-order valence-corrected chi connectivity index (χ4v) is 6.70. The molecule has 0 bridgehead atoms. The van der Waals surface area contributed by atoms with Gasteiger partial charge in [-0.2, -0.15) is 18.2 Å². The van der Waals surface area contributed by atoms with Crippen molar-refractivity contribution in [2.75, 3.05) is 42.5 Å². The van der Waals surface area contributed by atoms with Crippen molar-refractivity contribution in [2.45, 2.75) is 58.3 Å². The SMILES string of the molecule is CCCc1cc2c(N3CCn4c(nnc4C(F)(F)F)C3)nc(N3CC[C@H](C(=O)N4CCCC4)C3)nc2s1. The van der Waals surface area contributed by atoms with Gasteiger partial charge in [0.2, 0.25) is 17.7 Å². The molecule has 9 nitrogen and oxygen atoms in total. The molecular formula is C24H29F3N8OS. The number of hydrogen-bond donors (Lipinski definition) is 0. The molecule has 6 heterocycles. The van der Waals surface area contributed by atoms with Crippen LogP contribution in [0.2, 0.25) is 0 Å². The van der Waals surface area contributed by atoms with E-state index in [-0.39, 0.29) is 30.7 Å². The summed E-state index contributed by atoms with van der Waals surface area (Å²) in [5.74, 6) is 0.756. The van der Waals surface area contributed by atoms with E-state index < -0.39 is 12.0 Å². The summed E-state index contributed by atoms with van der Waals surface area (Å²) in [5, 5.41) is 8.16. The first-order valence-electron chi connectivity index (χ1n) is 12.9. The predicted molar refractivity (Wildman–Crippen MR) is 134 cm³/mol. The van der Waals surface area contributed by atoms with Gasteiger partial charge in [-0.25, -0.2) is 4.98 Å². The first kappa shape index (κ1) is 24.4. The van der Waals surface area contributed by atoms with E-state index in [0.29, 0.717) is 31.4 Å². The number of fused-ring (bicyclic) bond motifs is 2. The highest BCUT2D eigenvalue weighted by Crippen LogP contribution is 2.37. The van der Waals surface area contributed by atoms with Crippen LogP contribution in [0.4, 0.5) is 24.9 Å². The number of carbonyl (C=O) groups excluding carboxylic acids is 1. The predicted octanol–water partition coefficient (Wildman–Crippen LogP) is 3.72. The molecule has 0 unspecified atom stereocenters. The molecule has 6 rings (SSSR count). The second-order valence-electron chi connectivity index (χ2n) is 10.0. The van der Waals surface area contributed by atoms with Crippen molar-refractivity contribution in [2.24, 2.45) is 5.92 Å². The van der Waals surface area contributed by atoms with Crippen LogP contribution in [0.3, 0.4) is 0 Å². The van der Waals surface area contributed by atoms with Crippen molar-refractivity contribution in [3.63, 3.8) is 0 Å². The maximum atomic E-state index is 13.3. The number of aryl methyl sites for hydroxylation is 1.